The number of anilines is 1. The maximum absolute atomic E-state index is 12.5. The molecule has 6 heteroatoms. The number of amides is 1. The van der Waals surface area contributed by atoms with Crippen LogP contribution in [0.15, 0.2) is 41.8 Å². The van der Waals surface area contributed by atoms with Gasteiger partial charge in [-0.15, -0.1) is 11.3 Å². The van der Waals surface area contributed by atoms with Crippen LogP contribution >= 0.6 is 11.3 Å². The van der Waals surface area contributed by atoms with E-state index in [1.165, 1.54) is 16.9 Å². The van der Waals surface area contributed by atoms with Crippen LogP contribution in [0.5, 0.6) is 0 Å². The number of rotatable bonds is 3. The van der Waals surface area contributed by atoms with Crippen molar-refractivity contribution in [3.63, 3.8) is 0 Å². The minimum atomic E-state index is -0.143. The number of aromatic nitrogens is 3. The molecule has 27 heavy (non-hydrogen) atoms. The van der Waals surface area contributed by atoms with Gasteiger partial charge in [-0.1, -0.05) is 17.7 Å². The maximum atomic E-state index is 12.5. The van der Waals surface area contributed by atoms with Gasteiger partial charge in [-0.3, -0.25) is 4.79 Å². The van der Waals surface area contributed by atoms with Crippen molar-refractivity contribution in [2.24, 2.45) is 0 Å². The van der Waals surface area contributed by atoms with E-state index >= 15 is 0 Å². The normalized spacial score (nSPS) is 11.1. The van der Waals surface area contributed by atoms with Crippen molar-refractivity contribution in [3.05, 3.63) is 69.0 Å². The number of fused-ring (bicyclic) bond motifs is 1. The molecule has 5 nitrogen and oxygen atoms in total. The van der Waals surface area contributed by atoms with E-state index in [2.05, 4.69) is 43.3 Å². The summed E-state index contributed by atoms with van der Waals surface area (Å²) < 4.78 is 1.70. The monoisotopic (exact) mass is 376 g/mol. The summed E-state index contributed by atoms with van der Waals surface area (Å²) >= 11 is 1.41. The number of hydrogen-bond acceptors (Lipinski definition) is 4. The molecule has 136 valence electrons. The summed E-state index contributed by atoms with van der Waals surface area (Å²) in [6, 6.07) is 11.8. The molecule has 0 aliphatic carbocycles. The molecule has 0 saturated carbocycles. The first-order chi connectivity index (χ1) is 12.9. The largest absolute Gasteiger partial charge is 0.306 e. The topological polar surface area (TPSA) is 59.8 Å². The zero-order valence-corrected chi connectivity index (χ0v) is 16.5. The smallest absolute Gasteiger partial charge is 0.266 e. The minimum absolute atomic E-state index is 0.143. The van der Waals surface area contributed by atoms with Crippen molar-refractivity contribution in [3.8, 4) is 5.82 Å². The fraction of sp³-hybridized carbons (Fsp3) is 0.190. The second-order valence-electron chi connectivity index (χ2n) is 6.79. The average Bonchev–Trinajstić information content (AvgIpc) is 3.25. The number of benzene rings is 1. The third-order valence-corrected chi connectivity index (χ3v) is 5.35. The van der Waals surface area contributed by atoms with Crippen molar-refractivity contribution in [1.82, 2.24) is 14.8 Å². The Balaban J connectivity index is 1.81. The van der Waals surface area contributed by atoms with Crippen LogP contribution in [-0.4, -0.2) is 20.7 Å². The molecule has 0 saturated heterocycles. The van der Waals surface area contributed by atoms with Crippen LogP contribution in [0.25, 0.3) is 16.7 Å². The number of hydrogen-bond donors (Lipinski definition) is 1. The standard InChI is InChI=1S/C21H20N4OS/c1-12-8-14(3)20-16(9-12)13(2)10-18(22-20)25-19(11-15(4)24-25)23-21(26)17-6-5-7-27-17/h5-11H,1-4H3,(H,23,26). The summed E-state index contributed by atoms with van der Waals surface area (Å²) in [6.07, 6.45) is 0. The van der Waals surface area contributed by atoms with Crippen molar-refractivity contribution in [1.29, 1.82) is 0 Å². The molecule has 0 spiro atoms. The fourth-order valence-electron chi connectivity index (χ4n) is 3.28. The Labute approximate surface area is 161 Å². The van der Waals surface area contributed by atoms with Crippen molar-refractivity contribution < 1.29 is 4.79 Å². The molecule has 4 rings (SSSR count). The van der Waals surface area contributed by atoms with Gasteiger partial charge in [0, 0.05) is 11.5 Å². The lowest BCUT2D eigenvalue weighted by atomic mass is 10.0. The molecule has 3 heterocycles. The molecule has 1 N–H and O–H groups in total. The zero-order chi connectivity index (χ0) is 19.1. The molecule has 0 fully saturated rings. The summed E-state index contributed by atoms with van der Waals surface area (Å²) in [5.74, 6) is 1.17. The zero-order valence-electron chi connectivity index (χ0n) is 15.7. The van der Waals surface area contributed by atoms with Gasteiger partial charge in [0.1, 0.15) is 5.82 Å². The highest BCUT2D eigenvalue weighted by molar-refractivity contribution is 7.12. The van der Waals surface area contributed by atoms with E-state index in [0.29, 0.717) is 16.5 Å². The molecule has 0 radical (unpaired) electrons. The van der Waals surface area contributed by atoms with E-state index in [9.17, 15) is 4.79 Å². The van der Waals surface area contributed by atoms with Gasteiger partial charge in [-0.25, -0.2) is 4.98 Å². The fourth-order valence-corrected chi connectivity index (χ4v) is 3.90. The lowest BCUT2D eigenvalue weighted by Gasteiger charge is -2.12. The first kappa shape index (κ1) is 17.4. The van der Waals surface area contributed by atoms with Crippen LogP contribution in [0.1, 0.15) is 32.1 Å². The van der Waals surface area contributed by atoms with E-state index in [4.69, 9.17) is 4.98 Å². The summed E-state index contributed by atoms with van der Waals surface area (Å²) in [6.45, 7) is 8.14. The first-order valence-electron chi connectivity index (χ1n) is 8.73. The number of thiophene rings is 1. The second kappa shape index (κ2) is 6.63. The number of nitrogens with one attached hydrogen (secondary N) is 1. The van der Waals surface area contributed by atoms with Crippen molar-refractivity contribution in [2.75, 3.05) is 5.32 Å². The van der Waals surface area contributed by atoms with Crippen LogP contribution in [0.3, 0.4) is 0 Å². The highest BCUT2D eigenvalue weighted by Gasteiger charge is 2.15. The molecule has 0 unspecified atom stereocenters. The maximum Gasteiger partial charge on any atom is 0.266 e. The summed E-state index contributed by atoms with van der Waals surface area (Å²) in [7, 11) is 0. The van der Waals surface area contributed by atoms with Gasteiger partial charge < -0.3 is 5.32 Å². The average molecular weight is 376 g/mol. The van der Waals surface area contributed by atoms with Crippen LogP contribution in [-0.2, 0) is 0 Å². The number of pyridine rings is 1. The Hall–Kier alpha value is -2.99. The lowest BCUT2D eigenvalue weighted by Crippen LogP contribution is -2.14. The van der Waals surface area contributed by atoms with E-state index < -0.39 is 0 Å². The molecule has 0 atom stereocenters. The predicted molar refractivity (Wildman–Crippen MR) is 110 cm³/mol. The number of nitrogens with zero attached hydrogens (tertiary/aromatic N) is 3. The van der Waals surface area contributed by atoms with Crippen LogP contribution < -0.4 is 5.32 Å². The Morgan fingerprint density at radius 1 is 1.07 bits per heavy atom. The van der Waals surface area contributed by atoms with Gasteiger partial charge in [-0.05, 0) is 62.4 Å². The van der Waals surface area contributed by atoms with Crippen molar-refractivity contribution >= 4 is 34.0 Å². The van der Waals surface area contributed by atoms with Crippen LogP contribution in [0.2, 0.25) is 0 Å². The SMILES string of the molecule is Cc1cc(C)c2nc(-n3nc(C)cc3NC(=O)c3cccs3)cc(C)c2c1. The van der Waals surface area contributed by atoms with Gasteiger partial charge >= 0.3 is 0 Å². The molecule has 0 aliphatic rings. The third-order valence-electron chi connectivity index (χ3n) is 4.48. The van der Waals surface area contributed by atoms with E-state index in [1.807, 2.05) is 30.5 Å². The molecule has 1 aromatic carbocycles. The molecular weight excluding hydrogens is 356 g/mol. The van der Waals surface area contributed by atoms with Crippen LogP contribution in [0, 0.1) is 27.7 Å². The van der Waals surface area contributed by atoms with Crippen molar-refractivity contribution in [2.45, 2.75) is 27.7 Å². The molecule has 0 bridgehead atoms. The second-order valence-corrected chi connectivity index (χ2v) is 7.74. The quantitative estimate of drug-likeness (QED) is 0.549. The van der Waals surface area contributed by atoms with E-state index in [1.54, 1.807) is 10.7 Å². The Morgan fingerprint density at radius 3 is 2.63 bits per heavy atom. The Kier molecular flexibility index (Phi) is 4.28. The Morgan fingerprint density at radius 2 is 1.89 bits per heavy atom. The van der Waals surface area contributed by atoms with Gasteiger partial charge in [0.05, 0.1) is 16.1 Å². The summed E-state index contributed by atoms with van der Waals surface area (Å²) in [5.41, 5.74) is 5.25. The molecule has 4 aromatic rings. The van der Waals surface area contributed by atoms with Gasteiger partial charge in [0.25, 0.3) is 5.91 Å². The van der Waals surface area contributed by atoms with E-state index in [-0.39, 0.29) is 5.91 Å². The van der Waals surface area contributed by atoms with Gasteiger partial charge in [0.2, 0.25) is 0 Å². The molecular formula is C21H20N4OS. The first-order valence-corrected chi connectivity index (χ1v) is 9.61. The minimum Gasteiger partial charge on any atom is -0.306 e. The molecule has 0 aliphatic heterocycles. The number of aryl methyl sites for hydroxylation is 4. The predicted octanol–water partition coefficient (Wildman–Crippen LogP) is 4.97. The van der Waals surface area contributed by atoms with Gasteiger partial charge in [-0.2, -0.15) is 9.78 Å². The highest BCUT2D eigenvalue weighted by atomic mass is 32.1. The van der Waals surface area contributed by atoms with E-state index in [0.717, 1.165) is 27.7 Å². The third kappa shape index (κ3) is 3.24. The lowest BCUT2D eigenvalue weighted by molar-refractivity contribution is 0.103. The van der Waals surface area contributed by atoms with Crippen LogP contribution in [0.4, 0.5) is 5.82 Å². The summed E-state index contributed by atoms with van der Waals surface area (Å²) in [5, 5.41) is 10.5. The Bertz CT molecular complexity index is 1160. The molecule has 1 amide bonds. The highest BCUT2D eigenvalue weighted by Crippen LogP contribution is 2.26. The van der Waals surface area contributed by atoms with Gasteiger partial charge in [0.15, 0.2) is 5.82 Å². The number of carbonyl (C=O) groups is 1. The molecule has 3 aromatic heterocycles. The summed E-state index contributed by atoms with van der Waals surface area (Å²) in [4.78, 5) is 18.0. The number of carbonyl (C=O) groups excluding carboxylic acids is 1.